The molecule has 0 unspecified atom stereocenters. The Morgan fingerprint density at radius 2 is 2.05 bits per heavy atom. The van der Waals surface area contributed by atoms with Crippen molar-refractivity contribution in [3.8, 4) is 0 Å². The van der Waals surface area contributed by atoms with Crippen LogP contribution in [0.2, 0.25) is 0 Å². The molecule has 0 aliphatic heterocycles. The smallest absolute Gasteiger partial charge is 0.336 e. The molecule has 2 rings (SSSR count). The van der Waals surface area contributed by atoms with E-state index >= 15 is 0 Å². The number of carboxylic acid groups (broad SMARTS) is 1. The Morgan fingerprint density at radius 3 is 2.63 bits per heavy atom. The number of nitrogens with one attached hydrogen (secondary N) is 1. The van der Waals surface area contributed by atoms with Gasteiger partial charge in [0.05, 0.1) is 16.8 Å². The minimum Gasteiger partial charge on any atom is -0.478 e. The highest BCUT2D eigenvalue weighted by Gasteiger charge is 2.12. The third kappa shape index (κ3) is 2.97. The first kappa shape index (κ1) is 13.2. The van der Waals surface area contributed by atoms with E-state index in [4.69, 9.17) is 5.11 Å². The number of aromatic nitrogens is 1. The molecule has 1 aromatic heterocycles. The Morgan fingerprint density at radius 1 is 1.32 bits per heavy atom. The standard InChI is InChI=1S/C13H12N2O3S/c1-7-3-4-9(5-10(7)13(17)18)15-12(16)11-6-14-8(2)19-11/h3-6H,1-2H3,(H,15,16)(H,17,18). The molecular weight excluding hydrogens is 264 g/mol. The van der Waals surface area contributed by atoms with Gasteiger partial charge in [0.25, 0.3) is 5.91 Å². The lowest BCUT2D eigenvalue weighted by molar-refractivity contribution is 0.0695. The number of carbonyl (C=O) groups is 2. The van der Waals surface area contributed by atoms with Gasteiger partial charge in [-0.3, -0.25) is 4.79 Å². The van der Waals surface area contributed by atoms with Crippen LogP contribution < -0.4 is 5.32 Å². The predicted molar refractivity (Wildman–Crippen MR) is 72.9 cm³/mol. The summed E-state index contributed by atoms with van der Waals surface area (Å²) in [6.07, 6.45) is 1.50. The molecule has 2 N–H and O–H groups in total. The van der Waals surface area contributed by atoms with E-state index in [1.54, 1.807) is 19.1 Å². The lowest BCUT2D eigenvalue weighted by Gasteiger charge is -2.06. The topological polar surface area (TPSA) is 79.3 Å². The van der Waals surface area contributed by atoms with Gasteiger partial charge in [0.2, 0.25) is 0 Å². The van der Waals surface area contributed by atoms with Crippen LogP contribution in [0, 0.1) is 13.8 Å². The van der Waals surface area contributed by atoms with Crippen molar-refractivity contribution in [2.24, 2.45) is 0 Å². The maximum absolute atomic E-state index is 11.9. The van der Waals surface area contributed by atoms with Gasteiger partial charge in [-0.1, -0.05) is 6.07 Å². The average molecular weight is 276 g/mol. The molecule has 1 amide bonds. The number of hydrogen-bond acceptors (Lipinski definition) is 4. The summed E-state index contributed by atoms with van der Waals surface area (Å²) in [5, 5.41) is 12.5. The van der Waals surface area contributed by atoms with Gasteiger partial charge in [-0.2, -0.15) is 0 Å². The van der Waals surface area contributed by atoms with Crippen LogP contribution in [0.1, 0.15) is 30.6 Å². The molecular formula is C13H12N2O3S. The number of benzene rings is 1. The highest BCUT2D eigenvalue weighted by molar-refractivity contribution is 7.13. The first-order valence-electron chi connectivity index (χ1n) is 5.55. The molecule has 0 bridgehead atoms. The molecule has 0 atom stereocenters. The Hall–Kier alpha value is -2.21. The van der Waals surface area contributed by atoms with Crippen LogP contribution in [0.25, 0.3) is 0 Å². The lowest BCUT2D eigenvalue weighted by atomic mass is 10.1. The van der Waals surface area contributed by atoms with Crippen molar-refractivity contribution < 1.29 is 14.7 Å². The van der Waals surface area contributed by atoms with Gasteiger partial charge in [-0.05, 0) is 31.5 Å². The molecule has 0 saturated carbocycles. The average Bonchev–Trinajstić information content (AvgIpc) is 2.78. The fourth-order valence-corrected chi connectivity index (χ4v) is 2.26. The Bertz CT molecular complexity index is 649. The molecule has 0 aliphatic rings. The molecule has 0 spiro atoms. The van der Waals surface area contributed by atoms with Crippen molar-refractivity contribution in [2.45, 2.75) is 13.8 Å². The summed E-state index contributed by atoms with van der Waals surface area (Å²) in [5.41, 5.74) is 1.29. The largest absolute Gasteiger partial charge is 0.478 e. The van der Waals surface area contributed by atoms with Gasteiger partial charge in [0.1, 0.15) is 4.88 Å². The van der Waals surface area contributed by atoms with Crippen LogP contribution in [0.15, 0.2) is 24.4 Å². The minimum atomic E-state index is -1.01. The number of amides is 1. The quantitative estimate of drug-likeness (QED) is 0.903. The van der Waals surface area contributed by atoms with Crippen LogP contribution >= 0.6 is 11.3 Å². The van der Waals surface area contributed by atoms with Crippen molar-refractivity contribution >= 4 is 28.9 Å². The summed E-state index contributed by atoms with van der Waals surface area (Å²) in [6.45, 7) is 3.53. The molecule has 0 fully saturated rings. The van der Waals surface area contributed by atoms with Gasteiger partial charge < -0.3 is 10.4 Å². The number of aromatic carboxylic acids is 1. The van der Waals surface area contributed by atoms with Crippen molar-refractivity contribution in [2.75, 3.05) is 5.32 Å². The highest BCUT2D eigenvalue weighted by atomic mass is 32.1. The van der Waals surface area contributed by atoms with E-state index in [1.165, 1.54) is 23.6 Å². The maximum Gasteiger partial charge on any atom is 0.336 e. The van der Waals surface area contributed by atoms with Crippen molar-refractivity contribution in [3.05, 3.63) is 45.4 Å². The number of rotatable bonds is 3. The van der Waals surface area contributed by atoms with E-state index in [2.05, 4.69) is 10.3 Å². The van der Waals surface area contributed by atoms with E-state index in [1.807, 2.05) is 6.92 Å². The zero-order valence-corrected chi connectivity index (χ0v) is 11.2. The molecule has 5 nitrogen and oxygen atoms in total. The number of thiazole rings is 1. The molecule has 98 valence electrons. The number of hydrogen-bond donors (Lipinski definition) is 2. The van der Waals surface area contributed by atoms with Crippen LogP contribution in [0.3, 0.4) is 0 Å². The zero-order valence-electron chi connectivity index (χ0n) is 10.4. The van der Waals surface area contributed by atoms with E-state index in [9.17, 15) is 9.59 Å². The van der Waals surface area contributed by atoms with Gasteiger partial charge in [-0.25, -0.2) is 9.78 Å². The summed E-state index contributed by atoms with van der Waals surface area (Å²) >= 11 is 1.29. The maximum atomic E-state index is 11.9. The SMILES string of the molecule is Cc1ncc(C(=O)Nc2ccc(C)c(C(=O)O)c2)s1. The Kier molecular flexibility index (Phi) is 3.62. The fraction of sp³-hybridized carbons (Fsp3) is 0.154. The molecule has 6 heteroatoms. The van der Waals surface area contributed by atoms with Crippen LogP contribution in [-0.4, -0.2) is 22.0 Å². The van der Waals surface area contributed by atoms with Crippen molar-refractivity contribution in [3.63, 3.8) is 0 Å². The first-order chi connectivity index (χ1) is 8.97. The van der Waals surface area contributed by atoms with E-state index in [0.29, 0.717) is 16.1 Å². The molecule has 1 heterocycles. The van der Waals surface area contributed by atoms with Crippen LogP contribution in [0.4, 0.5) is 5.69 Å². The van der Waals surface area contributed by atoms with E-state index in [0.717, 1.165) is 5.01 Å². The summed E-state index contributed by atoms with van der Waals surface area (Å²) in [4.78, 5) is 27.4. The summed E-state index contributed by atoms with van der Waals surface area (Å²) in [5.74, 6) is -1.30. The highest BCUT2D eigenvalue weighted by Crippen LogP contribution is 2.18. The van der Waals surface area contributed by atoms with Gasteiger partial charge >= 0.3 is 5.97 Å². The second-order valence-corrected chi connectivity index (χ2v) is 5.27. The monoisotopic (exact) mass is 276 g/mol. The van der Waals surface area contributed by atoms with Crippen molar-refractivity contribution in [1.29, 1.82) is 0 Å². The second-order valence-electron chi connectivity index (χ2n) is 4.03. The minimum absolute atomic E-state index is 0.179. The zero-order chi connectivity index (χ0) is 14.0. The van der Waals surface area contributed by atoms with Crippen molar-refractivity contribution in [1.82, 2.24) is 4.98 Å². The number of carboxylic acids is 1. The van der Waals surface area contributed by atoms with Crippen LogP contribution in [-0.2, 0) is 0 Å². The summed E-state index contributed by atoms with van der Waals surface area (Å²) < 4.78 is 0. The third-order valence-corrected chi connectivity index (χ3v) is 3.48. The Labute approximate surface area is 113 Å². The predicted octanol–water partition coefficient (Wildman–Crippen LogP) is 2.71. The first-order valence-corrected chi connectivity index (χ1v) is 6.37. The Balaban J connectivity index is 2.22. The van der Waals surface area contributed by atoms with Gasteiger partial charge in [0.15, 0.2) is 0 Å². The number of nitrogens with zero attached hydrogens (tertiary/aromatic N) is 1. The molecule has 0 radical (unpaired) electrons. The normalized spacial score (nSPS) is 10.2. The van der Waals surface area contributed by atoms with E-state index < -0.39 is 5.97 Å². The molecule has 0 saturated heterocycles. The number of aryl methyl sites for hydroxylation is 2. The fourth-order valence-electron chi connectivity index (χ4n) is 1.59. The van der Waals surface area contributed by atoms with Gasteiger partial charge in [0, 0.05) is 5.69 Å². The molecule has 2 aromatic rings. The summed E-state index contributed by atoms with van der Waals surface area (Å²) in [6, 6.07) is 4.79. The summed E-state index contributed by atoms with van der Waals surface area (Å²) in [7, 11) is 0. The molecule has 19 heavy (non-hydrogen) atoms. The number of carbonyl (C=O) groups excluding carboxylic acids is 1. The van der Waals surface area contributed by atoms with Gasteiger partial charge in [-0.15, -0.1) is 11.3 Å². The lowest BCUT2D eigenvalue weighted by Crippen LogP contribution is -2.11. The van der Waals surface area contributed by atoms with E-state index in [-0.39, 0.29) is 11.5 Å². The number of anilines is 1. The second kappa shape index (κ2) is 5.19. The molecule has 0 aliphatic carbocycles. The van der Waals surface area contributed by atoms with Crippen LogP contribution in [0.5, 0.6) is 0 Å². The molecule has 1 aromatic carbocycles. The third-order valence-electron chi connectivity index (χ3n) is 2.57.